The lowest BCUT2D eigenvalue weighted by Crippen LogP contribution is -2.02. The van der Waals surface area contributed by atoms with Gasteiger partial charge in [0, 0.05) is 22.8 Å². The molecule has 0 unspecified atom stereocenters. The van der Waals surface area contributed by atoms with E-state index in [2.05, 4.69) is 39.8 Å². The molecular formula is C13H11N3. The minimum absolute atomic E-state index is 1.05. The SMILES string of the molecule is C1=CC=C(c2ccc3cn[nH]c3c2)NC=C1. The third kappa shape index (κ3) is 1.52. The first-order chi connectivity index (χ1) is 7.93. The average molecular weight is 209 g/mol. The Balaban J connectivity index is 2.08. The number of nitrogens with zero attached hydrogens (tertiary/aromatic N) is 1. The maximum Gasteiger partial charge on any atom is 0.0657 e. The number of aromatic amines is 1. The van der Waals surface area contributed by atoms with Crippen molar-refractivity contribution in [3.8, 4) is 0 Å². The molecular weight excluding hydrogens is 198 g/mol. The number of hydrogen-bond donors (Lipinski definition) is 2. The van der Waals surface area contributed by atoms with Crippen LogP contribution in [0.1, 0.15) is 5.56 Å². The molecule has 0 atom stereocenters. The molecule has 0 saturated heterocycles. The van der Waals surface area contributed by atoms with Crippen LogP contribution in [-0.2, 0) is 0 Å². The topological polar surface area (TPSA) is 40.7 Å². The summed E-state index contributed by atoms with van der Waals surface area (Å²) in [7, 11) is 0. The summed E-state index contributed by atoms with van der Waals surface area (Å²) in [5.41, 5.74) is 3.28. The second kappa shape index (κ2) is 3.70. The van der Waals surface area contributed by atoms with Gasteiger partial charge in [-0.3, -0.25) is 5.10 Å². The van der Waals surface area contributed by atoms with Crippen LogP contribution in [0.15, 0.2) is 54.9 Å². The predicted octanol–water partition coefficient (Wildman–Crippen LogP) is 2.58. The minimum atomic E-state index is 1.05. The Hall–Kier alpha value is -2.29. The number of nitrogens with one attached hydrogen (secondary N) is 2. The first-order valence-electron chi connectivity index (χ1n) is 5.17. The predicted molar refractivity (Wildman–Crippen MR) is 65.5 cm³/mol. The van der Waals surface area contributed by atoms with E-state index in [0.29, 0.717) is 0 Å². The van der Waals surface area contributed by atoms with Gasteiger partial charge in [0.2, 0.25) is 0 Å². The summed E-state index contributed by atoms with van der Waals surface area (Å²) in [6.45, 7) is 0. The largest absolute Gasteiger partial charge is 0.361 e. The maximum atomic E-state index is 4.01. The van der Waals surface area contributed by atoms with Gasteiger partial charge in [-0.1, -0.05) is 24.3 Å². The monoisotopic (exact) mass is 209 g/mol. The van der Waals surface area contributed by atoms with Crippen molar-refractivity contribution >= 4 is 16.6 Å². The van der Waals surface area contributed by atoms with E-state index >= 15 is 0 Å². The van der Waals surface area contributed by atoms with E-state index in [1.165, 1.54) is 0 Å². The molecule has 0 bridgehead atoms. The van der Waals surface area contributed by atoms with Crippen LogP contribution in [0.4, 0.5) is 0 Å². The van der Waals surface area contributed by atoms with E-state index in [4.69, 9.17) is 0 Å². The molecule has 2 N–H and O–H groups in total. The molecule has 3 nitrogen and oxygen atoms in total. The molecule has 78 valence electrons. The zero-order valence-corrected chi connectivity index (χ0v) is 8.64. The van der Waals surface area contributed by atoms with Crippen LogP contribution in [0.25, 0.3) is 16.6 Å². The highest BCUT2D eigenvalue weighted by atomic mass is 15.1. The molecule has 2 heterocycles. The summed E-state index contributed by atoms with van der Waals surface area (Å²) in [4.78, 5) is 0. The first kappa shape index (κ1) is 8.97. The van der Waals surface area contributed by atoms with Crippen molar-refractivity contribution in [1.29, 1.82) is 0 Å². The first-order valence-corrected chi connectivity index (χ1v) is 5.17. The normalized spacial score (nSPS) is 14.6. The molecule has 0 amide bonds. The lowest BCUT2D eigenvalue weighted by molar-refractivity contribution is 1.12. The van der Waals surface area contributed by atoms with Crippen LogP contribution in [0.2, 0.25) is 0 Å². The standard InChI is InChI=1S/C13H11N3/c1-2-4-12(14-7-3-1)10-5-6-11-9-15-16-13(11)8-10/h1-9,14H,(H,15,16). The van der Waals surface area contributed by atoms with E-state index < -0.39 is 0 Å². The van der Waals surface area contributed by atoms with Crippen molar-refractivity contribution in [3.63, 3.8) is 0 Å². The van der Waals surface area contributed by atoms with E-state index in [1.54, 1.807) is 0 Å². The van der Waals surface area contributed by atoms with E-state index in [0.717, 1.165) is 22.2 Å². The van der Waals surface area contributed by atoms with Gasteiger partial charge in [-0.25, -0.2) is 0 Å². The smallest absolute Gasteiger partial charge is 0.0657 e. The Morgan fingerprint density at radius 1 is 1.06 bits per heavy atom. The molecule has 1 aliphatic heterocycles. The summed E-state index contributed by atoms with van der Waals surface area (Å²) >= 11 is 0. The summed E-state index contributed by atoms with van der Waals surface area (Å²) in [5, 5.41) is 11.4. The Kier molecular flexibility index (Phi) is 2.07. The van der Waals surface area contributed by atoms with Crippen molar-refractivity contribution in [2.24, 2.45) is 0 Å². The molecule has 2 aromatic rings. The van der Waals surface area contributed by atoms with Gasteiger partial charge in [0.15, 0.2) is 0 Å². The number of H-pyrrole nitrogens is 1. The van der Waals surface area contributed by atoms with Gasteiger partial charge in [-0.05, 0) is 18.2 Å². The number of hydrogen-bond acceptors (Lipinski definition) is 2. The Morgan fingerprint density at radius 3 is 3.06 bits per heavy atom. The molecule has 0 aliphatic carbocycles. The fourth-order valence-corrected chi connectivity index (χ4v) is 1.74. The highest BCUT2D eigenvalue weighted by Gasteiger charge is 2.02. The van der Waals surface area contributed by atoms with E-state index in [9.17, 15) is 0 Å². The molecule has 3 heteroatoms. The van der Waals surface area contributed by atoms with Crippen molar-refractivity contribution in [3.05, 3.63) is 60.5 Å². The van der Waals surface area contributed by atoms with Crippen LogP contribution in [0.5, 0.6) is 0 Å². The summed E-state index contributed by atoms with van der Waals surface area (Å²) in [6, 6.07) is 6.24. The van der Waals surface area contributed by atoms with Gasteiger partial charge >= 0.3 is 0 Å². The van der Waals surface area contributed by atoms with Gasteiger partial charge < -0.3 is 5.32 Å². The van der Waals surface area contributed by atoms with Crippen LogP contribution in [0.3, 0.4) is 0 Å². The van der Waals surface area contributed by atoms with E-state index in [-0.39, 0.29) is 0 Å². The van der Waals surface area contributed by atoms with Crippen LogP contribution in [0, 0.1) is 0 Å². The number of benzene rings is 1. The molecule has 0 spiro atoms. The van der Waals surface area contributed by atoms with Gasteiger partial charge in [-0.2, -0.15) is 5.10 Å². The summed E-state index contributed by atoms with van der Waals surface area (Å²) < 4.78 is 0. The number of allylic oxidation sites excluding steroid dienone is 4. The third-order valence-corrected chi connectivity index (χ3v) is 2.57. The van der Waals surface area contributed by atoms with Gasteiger partial charge in [-0.15, -0.1) is 0 Å². The molecule has 16 heavy (non-hydrogen) atoms. The quantitative estimate of drug-likeness (QED) is 0.757. The second-order valence-corrected chi connectivity index (χ2v) is 3.64. The van der Waals surface area contributed by atoms with Crippen molar-refractivity contribution in [1.82, 2.24) is 15.5 Å². The zero-order chi connectivity index (χ0) is 10.8. The Morgan fingerprint density at radius 2 is 2.06 bits per heavy atom. The fourth-order valence-electron chi connectivity index (χ4n) is 1.74. The maximum absolute atomic E-state index is 4.01. The molecule has 1 aromatic heterocycles. The average Bonchev–Trinajstić information content (AvgIpc) is 2.61. The van der Waals surface area contributed by atoms with Gasteiger partial charge in [0.05, 0.1) is 11.7 Å². The highest BCUT2D eigenvalue weighted by Crippen LogP contribution is 2.18. The van der Waals surface area contributed by atoms with Crippen LogP contribution >= 0.6 is 0 Å². The number of rotatable bonds is 1. The Labute approximate surface area is 93.2 Å². The van der Waals surface area contributed by atoms with Gasteiger partial charge in [0.25, 0.3) is 0 Å². The van der Waals surface area contributed by atoms with Crippen LogP contribution in [-0.4, -0.2) is 10.2 Å². The van der Waals surface area contributed by atoms with Gasteiger partial charge in [0.1, 0.15) is 0 Å². The second-order valence-electron chi connectivity index (χ2n) is 3.64. The summed E-state index contributed by atoms with van der Waals surface area (Å²) in [6.07, 6.45) is 11.8. The molecule has 0 saturated carbocycles. The minimum Gasteiger partial charge on any atom is -0.361 e. The summed E-state index contributed by atoms with van der Waals surface area (Å²) in [5.74, 6) is 0. The molecule has 1 aromatic carbocycles. The third-order valence-electron chi connectivity index (χ3n) is 2.57. The Bertz CT molecular complexity index is 602. The van der Waals surface area contributed by atoms with Crippen molar-refractivity contribution in [2.75, 3.05) is 0 Å². The van der Waals surface area contributed by atoms with E-state index in [1.807, 2.05) is 30.6 Å². The van der Waals surface area contributed by atoms with Crippen molar-refractivity contribution < 1.29 is 0 Å². The fraction of sp³-hybridized carbons (Fsp3) is 0. The van der Waals surface area contributed by atoms with Crippen LogP contribution < -0.4 is 5.32 Å². The lowest BCUT2D eigenvalue weighted by atomic mass is 10.1. The number of fused-ring (bicyclic) bond motifs is 1. The van der Waals surface area contributed by atoms with Crippen molar-refractivity contribution in [2.45, 2.75) is 0 Å². The molecule has 3 rings (SSSR count). The lowest BCUT2D eigenvalue weighted by Gasteiger charge is -2.06. The molecule has 0 radical (unpaired) electrons. The highest BCUT2D eigenvalue weighted by molar-refractivity contribution is 5.82. The molecule has 0 fully saturated rings. The number of aromatic nitrogens is 2. The molecule has 1 aliphatic rings. The zero-order valence-electron chi connectivity index (χ0n) is 8.64.